The van der Waals surface area contributed by atoms with E-state index in [1.165, 1.54) is 116 Å². The van der Waals surface area contributed by atoms with Crippen molar-refractivity contribution in [1.82, 2.24) is 0 Å². The topological polar surface area (TPSA) is 69.9 Å². The van der Waals surface area contributed by atoms with Crippen LogP contribution in [-0.2, 0) is 4.74 Å². The lowest BCUT2D eigenvalue weighted by atomic mass is 10.1. The van der Waals surface area contributed by atoms with E-state index in [4.69, 9.17) is 20.1 Å². The van der Waals surface area contributed by atoms with Crippen LogP contribution in [0.4, 0.5) is 0 Å². The van der Waals surface area contributed by atoms with Gasteiger partial charge in [0, 0.05) is 13.2 Å². The van der Waals surface area contributed by atoms with Gasteiger partial charge < -0.3 is 20.1 Å². The minimum Gasteiger partial charge on any atom is -0.396 e. The van der Waals surface area contributed by atoms with Gasteiger partial charge in [-0.1, -0.05) is 129 Å². The molecule has 4 heteroatoms. The van der Waals surface area contributed by atoms with Gasteiger partial charge in [0.1, 0.15) is 6.10 Å². The highest BCUT2D eigenvalue weighted by Gasteiger charge is 2.00. The number of rotatable bonds is 24. The van der Waals surface area contributed by atoms with Crippen molar-refractivity contribution in [2.24, 2.45) is 0 Å². The van der Waals surface area contributed by atoms with Gasteiger partial charge in [-0.2, -0.15) is 0 Å². The number of ether oxygens (including phenoxy) is 1. The van der Waals surface area contributed by atoms with Gasteiger partial charge in [-0.3, -0.25) is 0 Å². The van der Waals surface area contributed by atoms with Crippen LogP contribution in [0.15, 0.2) is 0 Å². The van der Waals surface area contributed by atoms with E-state index in [1.807, 2.05) is 0 Å². The van der Waals surface area contributed by atoms with Gasteiger partial charge >= 0.3 is 0 Å². The van der Waals surface area contributed by atoms with Crippen molar-refractivity contribution in [2.45, 2.75) is 148 Å². The number of aliphatic hydroxyl groups excluding tert-OH is 3. The predicted octanol–water partition coefficient (Wildman–Crippen LogP) is 7.18. The fourth-order valence-corrected chi connectivity index (χ4v) is 3.56. The van der Waals surface area contributed by atoms with Crippen molar-refractivity contribution in [2.75, 3.05) is 26.4 Å². The number of aliphatic hydroxyl groups is 3. The molecule has 0 fully saturated rings. The summed E-state index contributed by atoms with van der Waals surface area (Å²) < 4.78 is 5.25. The molecule has 0 aliphatic heterocycles. The smallest absolute Gasteiger partial charge is 0.100 e. The van der Waals surface area contributed by atoms with Gasteiger partial charge in [-0.25, -0.2) is 0 Å². The van der Waals surface area contributed by atoms with Gasteiger partial charge in [-0.15, -0.1) is 0 Å². The van der Waals surface area contributed by atoms with Crippen LogP contribution in [0.5, 0.6) is 0 Å². The number of hydrogen-bond donors (Lipinski definition) is 3. The Morgan fingerprint density at radius 1 is 0.516 bits per heavy atom. The summed E-state index contributed by atoms with van der Waals surface area (Å²) in [6.07, 6.45) is 25.8. The van der Waals surface area contributed by atoms with E-state index in [0.29, 0.717) is 13.2 Å². The van der Waals surface area contributed by atoms with Gasteiger partial charge in [0.2, 0.25) is 0 Å². The number of hydrogen-bond acceptors (Lipinski definition) is 4. The minimum atomic E-state index is -0.715. The Morgan fingerprint density at radius 3 is 1.23 bits per heavy atom. The molecule has 3 N–H and O–H groups in total. The molecule has 0 aromatic rings. The summed E-state index contributed by atoms with van der Waals surface area (Å²) in [4.78, 5) is 0. The lowest BCUT2D eigenvalue weighted by Gasteiger charge is -2.07. The highest BCUT2D eigenvalue weighted by Crippen LogP contribution is 2.11. The Balaban J connectivity index is 0. The highest BCUT2D eigenvalue weighted by molar-refractivity contribution is 4.50. The van der Waals surface area contributed by atoms with Crippen LogP contribution in [0.25, 0.3) is 0 Å². The van der Waals surface area contributed by atoms with E-state index in [0.717, 1.165) is 12.8 Å². The van der Waals surface area contributed by atoms with E-state index in [-0.39, 0.29) is 13.2 Å². The molecule has 0 saturated carbocycles. The summed E-state index contributed by atoms with van der Waals surface area (Å²) in [6, 6.07) is 0. The second kappa shape index (κ2) is 32.0. The summed E-state index contributed by atoms with van der Waals surface area (Å²) in [7, 11) is 0. The maximum Gasteiger partial charge on any atom is 0.100 e. The molecule has 0 heterocycles. The third-order valence-corrected chi connectivity index (χ3v) is 5.67. The number of unbranched alkanes of at least 4 members (excludes halogenated alkanes) is 18. The molecule has 0 aromatic heterocycles. The largest absolute Gasteiger partial charge is 0.396 e. The van der Waals surface area contributed by atoms with Crippen molar-refractivity contribution >= 4 is 0 Å². The molecule has 4 nitrogen and oxygen atoms in total. The maximum atomic E-state index is 9.04. The summed E-state index contributed by atoms with van der Waals surface area (Å²) in [5.41, 5.74) is 0. The van der Waals surface area contributed by atoms with E-state index in [9.17, 15) is 0 Å². The Bertz CT molecular complexity index is 276. The molecule has 0 radical (unpaired) electrons. The predicted molar refractivity (Wildman–Crippen MR) is 135 cm³/mol. The van der Waals surface area contributed by atoms with Crippen LogP contribution in [0.3, 0.4) is 0 Å². The average Bonchev–Trinajstić information content (AvgIpc) is 2.79. The van der Waals surface area contributed by atoms with E-state index < -0.39 is 6.10 Å². The molecular formula is C27H58O4. The molecule has 190 valence electrons. The maximum absolute atomic E-state index is 9.04. The first kappa shape index (κ1) is 33.0. The monoisotopic (exact) mass is 446 g/mol. The zero-order chi connectivity index (χ0) is 23.3. The van der Waals surface area contributed by atoms with Gasteiger partial charge in [0.25, 0.3) is 0 Å². The molecular weight excluding hydrogens is 388 g/mol. The van der Waals surface area contributed by atoms with E-state index >= 15 is 0 Å². The standard InChI is InChI=1S/C15H32O3.C12H26O/c1-2-3-4-5-6-7-8-9-10-11-12-18-14-15(17)13-16;1-2-3-4-5-6-7-8-9-10-11-12-13/h15-17H,2-14H2,1H3;13H,2-12H2,1H3. The quantitative estimate of drug-likeness (QED) is 0.137. The molecule has 1 atom stereocenters. The highest BCUT2D eigenvalue weighted by atomic mass is 16.5. The first-order chi connectivity index (χ1) is 15.2. The lowest BCUT2D eigenvalue weighted by Crippen LogP contribution is -2.19. The molecule has 0 aliphatic rings. The first-order valence-corrected chi connectivity index (χ1v) is 13.7. The SMILES string of the molecule is CCCCCCCCCCCCO.CCCCCCCCCCCCOCC(O)CO. The minimum absolute atomic E-state index is 0.210. The molecule has 0 spiro atoms. The van der Waals surface area contributed by atoms with Crippen LogP contribution >= 0.6 is 0 Å². The summed E-state index contributed by atoms with van der Waals surface area (Å²) >= 11 is 0. The van der Waals surface area contributed by atoms with Crippen LogP contribution < -0.4 is 0 Å². The van der Waals surface area contributed by atoms with Crippen LogP contribution in [0.2, 0.25) is 0 Å². The third-order valence-electron chi connectivity index (χ3n) is 5.67. The molecule has 0 amide bonds. The fraction of sp³-hybridized carbons (Fsp3) is 1.00. The Hall–Kier alpha value is -0.160. The van der Waals surface area contributed by atoms with Crippen molar-refractivity contribution in [3.63, 3.8) is 0 Å². The molecule has 0 saturated heterocycles. The summed E-state index contributed by atoms with van der Waals surface area (Å²) in [5, 5.41) is 26.2. The molecule has 31 heavy (non-hydrogen) atoms. The molecule has 0 rings (SSSR count). The first-order valence-electron chi connectivity index (χ1n) is 13.7. The van der Waals surface area contributed by atoms with Crippen molar-refractivity contribution in [3.8, 4) is 0 Å². The molecule has 1 unspecified atom stereocenters. The van der Waals surface area contributed by atoms with Gasteiger partial charge in [0.15, 0.2) is 0 Å². The van der Waals surface area contributed by atoms with Crippen LogP contribution in [-0.4, -0.2) is 47.9 Å². The average molecular weight is 447 g/mol. The Kier molecular flexibility index (Phi) is 34.1. The normalized spacial score (nSPS) is 11.9. The van der Waals surface area contributed by atoms with Crippen molar-refractivity contribution in [1.29, 1.82) is 0 Å². The van der Waals surface area contributed by atoms with Crippen molar-refractivity contribution < 1.29 is 20.1 Å². The second-order valence-corrected chi connectivity index (χ2v) is 9.00. The zero-order valence-corrected chi connectivity index (χ0v) is 21.3. The van der Waals surface area contributed by atoms with Crippen LogP contribution in [0, 0.1) is 0 Å². The van der Waals surface area contributed by atoms with E-state index in [2.05, 4.69) is 13.8 Å². The van der Waals surface area contributed by atoms with Gasteiger partial charge in [0.05, 0.1) is 13.2 Å². The Labute approximate surface area is 195 Å². The van der Waals surface area contributed by atoms with Crippen molar-refractivity contribution in [3.05, 3.63) is 0 Å². The third kappa shape index (κ3) is 34.6. The Morgan fingerprint density at radius 2 is 0.871 bits per heavy atom. The summed E-state index contributed by atoms with van der Waals surface area (Å²) in [5.74, 6) is 0. The van der Waals surface area contributed by atoms with Gasteiger partial charge in [-0.05, 0) is 12.8 Å². The second-order valence-electron chi connectivity index (χ2n) is 9.00. The zero-order valence-electron chi connectivity index (χ0n) is 21.3. The van der Waals surface area contributed by atoms with Crippen LogP contribution in [0.1, 0.15) is 142 Å². The molecule has 0 bridgehead atoms. The molecule has 0 aliphatic carbocycles. The molecule has 0 aromatic carbocycles. The van der Waals surface area contributed by atoms with E-state index in [1.54, 1.807) is 0 Å². The lowest BCUT2D eigenvalue weighted by molar-refractivity contribution is 0.00526. The fourth-order valence-electron chi connectivity index (χ4n) is 3.56. The summed E-state index contributed by atoms with van der Waals surface area (Å²) in [6.45, 7) is 5.63.